The lowest BCUT2D eigenvalue weighted by atomic mass is 10.1. The van der Waals surface area contributed by atoms with Crippen LogP contribution in [0.15, 0.2) is 42.6 Å². The van der Waals surface area contributed by atoms with Crippen LogP contribution in [0.4, 0.5) is 19.1 Å². The third-order valence-corrected chi connectivity index (χ3v) is 6.04. The van der Waals surface area contributed by atoms with E-state index in [1.165, 1.54) is 24.4 Å². The van der Waals surface area contributed by atoms with Crippen LogP contribution in [0.1, 0.15) is 12.0 Å². The summed E-state index contributed by atoms with van der Waals surface area (Å²) in [6.07, 6.45) is 2.51. The van der Waals surface area contributed by atoms with Gasteiger partial charge in [-0.25, -0.2) is 23.1 Å². The highest BCUT2D eigenvalue weighted by atomic mass is 35.5. The van der Waals surface area contributed by atoms with Gasteiger partial charge in [-0.05, 0) is 43.6 Å². The minimum Gasteiger partial charge on any atom is -0.350 e. The predicted octanol–water partition coefficient (Wildman–Crippen LogP) is 4.79. The third kappa shape index (κ3) is 4.38. The average molecular weight is 473 g/mol. The van der Waals surface area contributed by atoms with Crippen molar-refractivity contribution in [2.75, 3.05) is 18.4 Å². The van der Waals surface area contributed by atoms with Crippen LogP contribution in [0.3, 0.4) is 0 Å². The third-order valence-electron chi connectivity index (χ3n) is 5.73. The molecule has 1 aliphatic heterocycles. The molecule has 33 heavy (non-hydrogen) atoms. The molecule has 0 radical (unpaired) electrons. The van der Waals surface area contributed by atoms with Crippen molar-refractivity contribution in [2.24, 2.45) is 5.92 Å². The number of nitrogens with zero attached hydrogens (tertiary/aromatic N) is 4. The van der Waals surface area contributed by atoms with Crippen molar-refractivity contribution in [1.29, 1.82) is 0 Å². The van der Waals surface area contributed by atoms with Crippen LogP contribution in [0, 0.1) is 23.4 Å². The molecule has 170 valence electrons. The van der Waals surface area contributed by atoms with Crippen LogP contribution in [-0.4, -0.2) is 32.6 Å². The van der Waals surface area contributed by atoms with Crippen molar-refractivity contribution >= 4 is 28.7 Å². The number of rotatable bonds is 6. The smallest absolute Gasteiger partial charge is 0.225 e. The van der Waals surface area contributed by atoms with Crippen LogP contribution in [0.5, 0.6) is 0 Å². The van der Waals surface area contributed by atoms with Gasteiger partial charge in [-0.3, -0.25) is 0 Å². The lowest BCUT2D eigenvalue weighted by Gasteiger charge is -2.14. The molecule has 0 aliphatic carbocycles. The molecule has 3 heterocycles. The second-order valence-electron chi connectivity index (χ2n) is 7.99. The van der Waals surface area contributed by atoms with Gasteiger partial charge in [0, 0.05) is 24.7 Å². The fraction of sp³-hybridized carbons (Fsp3) is 0.261. The number of benzene rings is 2. The van der Waals surface area contributed by atoms with E-state index in [2.05, 4.69) is 25.6 Å². The molecule has 0 amide bonds. The first-order chi connectivity index (χ1) is 16.0. The average Bonchev–Trinajstić information content (AvgIpc) is 3.42. The highest BCUT2D eigenvalue weighted by Crippen LogP contribution is 2.33. The largest absolute Gasteiger partial charge is 0.350 e. The van der Waals surface area contributed by atoms with Crippen LogP contribution in [0.2, 0.25) is 5.02 Å². The molecular weight excluding hydrogens is 453 g/mol. The fourth-order valence-corrected chi connectivity index (χ4v) is 4.29. The van der Waals surface area contributed by atoms with E-state index in [0.717, 1.165) is 25.6 Å². The first kappa shape index (κ1) is 21.7. The minimum atomic E-state index is -0.654. The summed E-state index contributed by atoms with van der Waals surface area (Å²) in [5, 5.41) is 6.56. The number of aromatic nitrogens is 4. The fourth-order valence-electron chi connectivity index (χ4n) is 4.05. The van der Waals surface area contributed by atoms with Crippen LogP contribution in [-0.2, 0) is 13.1 Å². The zero-order chi connectivity index (χ0) is 22.9. The number of anilines is 1. The van der Waals surface area contributed by atoms with Gasteiger partial charge in [0.15, 0.2) is 5.65 Å². The summed E-state index contributed by atoms with van der Waals surface area (Å²) in [6, 6.07) is 7.90. The second kappa shape index (κ2) is 8.99. The monoisotopic (exact) mass is 472 g/mol. The zero-order valence-electron chi connectivity index (χ0n) is 17.5. The molecule has 10 heteroatoms. The molecule has 2 aromatic heterocycles. The summed E-state index contributed by atoms with van der Waals surface area (Å²) < 4.78 is 43.8. The highest BCUT2D eigenvalue weighted by molar-refractivity contribution is 6.33. The SMILES string of the molecule is Fc1ccc(CNc2ncc3nc(-c4c(F)cccc4Cl)n(CC4CCNC4)c3n2)c(F)c1. The summed E-state index contributed by atoms with van der Waals surface area (Å²) in [7, 11) is 0. The summed E-state index contributed by atoms with van der Waals surface area (Å²) in [5.41, 5.74) is 1.51. The number of fused-ring (bicyclic) bond motifs is 1. The summed E-state index contributed by atoms with van der Waals surface area (Å²) in [5.74, 6) is -0.801. The molecule has 2 N–H and O–H groups in total. The summed E-state index contributed by atoms with van der Waals surface area (Å²) in [6.45, 7) is 2.40. The zero-order valence-corrected chi connectivity index (χ0v) is 18.2. The number of halogens is 4. The first-order valence-electron chi connectivity index (χ1n) is 10.6. The molecule has 6 nitrogen and oxygen atoms in total. The van der Waals surface area contributed by atoms with Gasteiger partial charge < -0.3 is 15.2 Å². The summed E-state index contributed by atoms with van der Waals surface area (Å²) in [4.78, 5) is 13.4. The Labute approximate surface area is 192 Å². The Morgan fingerprint density at radius 2 is 2.00 bits per heavy atom. The minimum absolute atomic E-state index is 0.0737. The van der Waals surface area contributed by atoms with Gasteiger partial charge in [0.1, 0.15) is 28.8 Å². The van der Waals surface area contributed by atoms with Crippen molar-refractivity contribution < 1.29 is 13.2 Å². The maximum absolute atomic E-state index is 14.8. The van der Waals surface area contributed by atoms with E-state index in [-0.39, 0.29) is 28.6 Å². The molecule has 2 aromatic carbocycles. The van der Waals surface area contributed by atoms with Gasteiger partial charge >= 0.3 is 0 Å². The molecule has 1 atom stereocenters. The Balaban J connectivity index is 1.54. The van der Waals surface area contributed by atoms with Crippen LogP contribution in [0.25, 0.3) is 22.6 Å². The van der Waals surface area contributed by atoms with E-state index in [0.29, 0.717) is 29.5 Å². The molecule has 1 fully saturated rings. The number of hydrogen-bond acceptors (Lipinski definition) is 5. The van der Waals surface area contributed by atoms with Gasteiger partial charge in [0.2, 0.25) is 5.95 Å². The molecule has 1 unspecified atom stereocenters. The second-order valence-corrected chi connectivity index (χ2v) is 8.40. The van der Waals surface area contributed by atoms with E-state index < -0.39 is 17.5 Å². The van der Waals surface area contributed by atoms with Crippen molar-refractivity contribution in [2.45, 2.75) is 19.5 Å². The van der Waals surface area contributed by atoms with Gasteiger partial charge in [-0.1, -0.05) is 23.7 Å². The van der Waals surface area contributed by atoms with Gasteiger partial charge in [0.25, 0.3) is 0 Å². The Morgan fingerprint density at radius 3 is 2.76 bits per heavy atom. The molecule has 4 aromatic rings. The van der Waals surface area contributed by atoms with Crippen LogP contribution >= 0.6 is 11.6 Å². The van der Waals surface area contributed by atoms with Gasteiger partial charge in [-0.15, -0.1) is 0 Å². The molecular formula is C23H20ClF3N6. The van der Waals surface area contributed by atoms with Crippen molar-refractivity contribution in [1.82, 2.24) is 24.8 Å². The quantitative estimate of drug-likeness (QED) is 0.422. The molecule has 1 saturated heterocycles. The summed E-state index contributed by atoms with van der Waals surface area (Å²) >= 11 is 6.34. The molecule has 0 spiro atoms. The predicted molar refractivity (Wildman–Crippen MR) is 120 cm³/mol. The van der Waals surface area contributed by atoms with Gasteiger partial charge in [0.05, 0.1) is 16.8 Å². The number of hydrogen-bond donors (Lipinski definition) is 2. The molecule has 5 rings (SSSR count). The Morgan fingerprint density at radius 1 is 1.12 bits per heavy atom. The van der Waals surface area contributed by atoms with E-state index in [1.54, 1.807) is 12.1 Å². The Bertz CT molecular complexity index is 1300. The molecule has 0 saturated carbocycles. The van der Waals surface area contributed by atoms with Crippen molar-refractivity contribution in [3.8, 4) is 11.4 Å². The highest BCUT2D eigenvalue weighted by Gasteiger charge is 2.24. The number of imidazole rings is 1. The first-order valence-corrected chi connectivity index (χ1v) is 10.9. The maximum atomic E-state index is 14.8. The van der Waals surface area contributed by atoms with Crippen molar-refractivity contribution in [3.05, 3.63) is 70.6 Å². The molecule has 0 bridgehead atoms. The Hall–Kier alpha value is -3.17. The van der Waals surface area contributed by atoms with E-state index in [9.17, 15) is 13.2 Å². The Kier molecular flexibility index (Phi) is 5.90. The number of nitrogens with one attached hydrogen (secondary N) is 2. The van der Waals surface area contributed by atoms with Crippen LogP contribution < -0.4 is 10.6 Å². The van der Waals surface area contributed by atoms with E-state index in [4.69, 9.17) is 11.6 Å². The van der Waals surface area contributed by atoms with E-state index >= 15 is 0 Å². The molecule has 1 aliphatic rings. The van der Waals surface area contributed by atoms with E-state index in [1.807, 2.05) is 4.57 Å². The lowest BCUT2D eigenvalue weighted by molar-refractivity contribution is 0.489. The van der Waals surface area contributed by atoms with Gasteiger partial charge in [-0.2, -0.15) is 4.98 Å². The lowest BCUT2D eigenvalue weighted by Crippen LogP contribution is -2.16. The van der Waals surface area contributed by atoms with Crippen molar-refractivity contribution in [3.63, 3.8) is 0 Å². The topological polar surface area (TPSA) is 67.7 Å². The normalized spacial score (nSPS) is 15.9. The maximum Gasteiger partial charge on any atom is 0.225 e. The standard InChI is InChI=1S/C23H20ClF3N6/c24-16-2-1-3-17(26)20(16)22-31-19-11-30-23(29-10-14-4-5-15(25)8-18(14)27)32-21(19)33(22)12-13-6-7-28-9-13/h1-5,8,11,13,28H,6-7,9-10,12H2,(H,29,30,32).